The minimum Gasteiger partial charge on any atom is -0.298 e. The van der Waals surface area contributed by atoms with E-state index in [1.807, 2.05) is 0 Å². The lowest BCUT2D eigenvalue weighted by molar-refractivity contribution is -0.126. The number of rotatable bonds is 1. The Morgan fingerprint density at radius 1 is 1.00 bits per heavy atom. The van der Waals surface area contributed by atoms with Crippen LogP contribution in [-0.4, -0.2) is 5.78 Å². The summed E-state index contributed by atoms with van der Waals surface area (Å²) in [6, 6.07) is 10.6. The second-order valence-corrected chi connectivity index (χ2v) is 5.93. The molecule has 0 heterocycles. The topological polar surface area (TPSA) is 17.1 Å². The first kappa shape index (κ1) is 8.98. The monoisotopic (exact) mass is 212 g/mol. The summed E-state index contributed by atoms with van der Waals surface area (Å²) in [5.41, 5.74) is 1.63. The third-order valence-corrected chi connectivity index (χ3v) is 5.11. The maximum Gasteiger partial charge on any atom is 0.145 e. The Bertz CT molecular complexity index is 458. The van der Waals surface area contributed by atoms with Crippen molar-refractivity contribution in [1.82, 2.24) is 0 Å². The van der Waals surface area contributed by atoms with Crippen LogP contribution < -0.4 is 0 Å². The van der Waals surface area contributed by atoms with Crippen LogP contribution in [0, 0.1) is 10.8 Å². The highest BCUT2D eigenvalue weighted by atomic mass is 16.1. The smallest absolute Gasteiger partial charge is 0.145 e. The second kappa shape index (κ2) is 2.58. The zero-order chi connectivity index (χ0) is 10.8. The Hall–Kier alpha value is -1.11. The zero-order valence-electron chi connectivity index (χ0n) is 9.41. The molecule has 0 N–H and O–H groups in total. The van der Waals surface area contributed by atoms with E-state index in [1.54, 1.807) is 0 Å². The summed E-state index contributed by atoms with van der Waals surface area (Å²) in [7, 11) is 0. The molecule has 1 nitrogen and oxygen atoms in total. The van der Waals surface area contributed by atoms with E-state index in [2.05, 4.69) is 30.3 Å². The van der Waals surface area contributed by atoms with Crippen LogP contribution in [0.15, 0.2) is 30.3 Å². The Morgan fingerprint density at radius 2 is 1.69 bits per heavy atom. The molecule has 0 aromatic heterocycles. The molecule has 0 radical (unpaired) electrons. The molecule has 0 amide bonds. The van der Waals surface area contributed by atoms with E-state index in [-0.39, 0.29) is 10.8 Å². The van der Waals surface area contributed by atoms with E-state index in [1.165, 1.54) is 24.8 Å². The van der Waals surface area contributed by atoms with Crippen LogP contribution in [0.1, 0.15) is 43.6 Å². The first-order valence-electron chi connectivity index (χ1n) is 6.37. The molecule has 0 bridgehead atoms. The first-order chi connectivity index (χ1) is 7.77. The van der Waals surface area contributed by atoms with Crippen molar-refractivity contribution in [3.8, 4) is 0 Å². The number of hydrogen-bond donors (Lipinski definition) is 0. The number of carbonyl (C=O) groups excluding carboxylic acids is 1. The second-order valence-electron chi connectivity index (χ2n) is 5.93. The Balaban J connectivity index is 1.66. The fraction of sp³-hybridized carbons (Fsp3) is 0.533. The van der Waals surface area contributed by atoms with Gasteiger partial charge in [-0.05, 0) is 43.6 Å². The molecule has 3 aliphatic carbocycles. The fourth-order valence-corrected chi connectivity index (χ4v) is 3.80. The van der Waals surface area contributed by atoms with Gasteiger partial charge >= 0.3 is 0 Å². The highest BCUT2D eigenvalue weighted by molar-refractivity contribution is 5.98. The standard InChI is InChI=1S/C15H16O/c16-13-14(6-7-14)8-9-15(13)10-12(15)11-4-2-1-3-5-11/h1-5,12H,6-10H2. The zero-order valence-corrected chi connectivity index (χ0v) is 9.41. The van der Waals surface area contributed by atoms with Crippen LogP contribution in [0.2, 0.25) is 0 Å². The lowest BCUT2D eigenvalue weighted by atomic mass is 9.93. The summed E-state index contributed by atoms with van der Waals surface area (Å²) >= 11 is 0. The third-order valence-electron chi connectivity index (χ3n) is 5.11. The van der Waals surface area contributed by atoms with Crippen LogP contribution in [0.5, 0.6) is 0 Å². The van der Waals surface area contributed by atoms with Crippen molar-refractivity contribution in [2.24, 2.45) is 10.8 Å². The molecule has 3 aliphatic rings. The van der Waals surface area contributed by atoms with Crippen molar-refractivity contribution in [2.75, 3.05) is 0 Å². The third kappa shape index (κ3) is 0.946. The normalized spacial score (nSPS) is 38.2. The Labute approximate surface area is 95.9 Å². The van der Waals surface area contributed by atoms with Crippen molar-refractivity contribution in [3.05, 3.63) is 35.9 Å². The van der Waals surface area contributed by atoms with E-state index >= 15 is 0 Å². The minimum absolute atomic E-state index is 0.0812. The molecule has 4 rings (SSSR count). The lowest BCUT2D eigenvalue weighted by Crippen LogP contribution is -2.17. The van der Waals surface area contributed by atoms with Crippen molar-refractivity contribution in [3.63, 3.8) is 0 Å². The molecule has 2 unspecified atom stereocenters. The van der Waals surface area contributed by atoms with Crippen molar-refractivity contribution in [2.45, 2.75) is 38.0 Å². The number of ketones is 1. The SMILES string of the molecule is O=C1C2(CC2)CCC12CC2c1ccccc1. The quantitative estimate of drug-likeness (QED) is 0.698. The molecular formula is C15H16O. The predicted octanol–water partition coefficient (Wildman–Crippen LogP) is 3.30. The molecular weight excluding hydrogens is 196 g/mol. The van der Waals surface area contributed by atoms with Crippen molar-refractivity contribution in [1.29, 1.82) is 0 Å². The van der Waals surface area contributed by atoms with E-state index in [9.17, 15) is 4.79 Å². The van der Waals surface area contributed by atoms with Crippen molar-refractivity contribution < 1.29 is 4.79 Å². The number of benzene rings is 1. The molecule has 1 aromatic carbocycles. The highest BCUT2D eigenvalue weighted by Gasteiger charge is 2.71. The van der Waals surface area contributed by atoms with Crippen molar-refractivity contribution >= 4 is 5.78 Å². The summed E-state index contributed by atoms with van der Waals surface area (Å²) in [5, 5.41) is 0. The van der Waals surface area contributed by atoms with Gasteiger partial charge in [-0.15, -0.1) is 0 Å². The van der Waals surface area contributed by atoms with Crippen LogP contribution in [-0.2, 0) is 4.79 Å². The summed E-state index contributed by atoms with van der Waals surface area (Å²) in [6.07, 6.45) is 5.81. The van der Waals surface area contributed by atoms with Gasteiger partial charge in [-0.1, -0.05) is 30.3 Å². The average molecular weight is 212 g/mol. The first-order valence-corrected chi connectivity index (χ1v) is 6.37. The largest absolute Gasteiger partial charge is 0.298 e. The minimum atomic E-state index is 0.0812. The maximum absolute atomic E-state index is 12.5. The summed E-state index contributed by atoms with van der Waals surface area (Å²) < 4.78 is 0. The van der Waals surface area contributed by atoms with Gasteiger partial charge in [0.15, 0.2) is 0 Å². The van der Waals surface area contributed by atoms with Gasteiger partial charge in [0.2, 0.25) is 0 Å². The lowest BCUT2D eigenvalue weighted by Gasteiger charge is -2.08. The molecule has 0 aliphatic heterocycles. The van der Waals surface area contributed by atoms with Gasteiger partial charge in [0, 0.05) is 10.8 Å². The van der Waals surface area contributed by atoms with Gasteiger partial charge in [0.05, 0.1) is 0 Å². The van der Waals surface area contributed by atoms with Gasteiger partial charge in [-0.2, -0.15) is 0 Å². The molecule has 82 valence electrons. The van der Waals surface area contributed by atoms with Gasteiger partial charge in [0.1, 0.15) is 5.78 Å². The van der Waals surface area contributed by atoms with Crippen LogP contribution in [0.3, 0.4) is 0 Å². The molecule has 1 aromatic rings. The van der Waals surface area contributed by atoms with E-state index in [4.69, 9.17) is 0 Å². The summed E-state index contributed by atoms with van der Waals surface area (Å²) in [6.45, 7) is 0. The van der Waals surface area contributed by atoms with Gasteiger partial charge < -0.3 is 0 Å². The van der Waals surface area contributed by atoms with E-state index in [0.717, 1.165) is 12.8 Å². The van der Waals surface area contributed by atoms with E-state index in [0.29, 0.717) is 11.7 Å². The molecule has 3 saturated carbocycles. The van der Waals surface area contributed by atoms with E-state index < -0.39 is 0 Å². The van der Waals surface area contributed by atoms with Gasteiger partial charge in [-0.3, -0.25) is 4.79 Å². The fourth-order valence-electron chi connectivity index (χ4n) is 3.80. The molecule has 0 saturated heterocycles. The molecule has 3 fully saturated rings. The van der Waals surface area contributed by atoms with Crippen LogP contribution >= 0.6 is 0 Å². The Morgan fingerprint density at radius 3 is 2.31 bits per heavy atom. The molecule has 16 heavy (non-hydrogen) atoms. The number of hydrogen-bond acceptors (Lipinski definition) is 1. The molecule has 2 atom stereocenters. The highest BCUT2D eigenvalue weighted by Crippen LogP contribution is 2.74. The maximum atomic E-state index is 12.5. The van der Waals surface area contributed by atoms with Crippen LogP contribution in [0.4, 0.5) is 0 Å². The predicted molar refractivity (Wildman–Crippen MR) is 62.1 cm³/mol. The number of Topliss-reactive ketones (excluding diaryl/α,β-unsaturated/α-hetero) is 1. The Kier molecular flexibility index (Phi) is 1.45. The summed E-state index contributed by atoms with van der Waals surface area (Å²) in [5.74, 6) is 1.16. The molecule has 2 spiro atoms. The summed E-state index contributed by atoms with van der Waals surface area (Å²) in [4.78, 5) is 12.5. The van der Waals surface area contributed by atoms with Crippen LogP contribution in [0.25, 0.3) is 0 Å². The van der Waals surface area contributed by atoms with Gasteiger partial charge in [0.25, 0.3) is 0 Å². The number of carbonyl (C=O) groups is 1. The average Bonchev–Trinajstić information content (AvgIpc) is 3.21. The van der Waals surface area contributed by atoms with Gasteiger partial charge in [-0.25, -0.2) is 0 Å². The molecule has 1 heteroatoms.